The predicted octanol–water partition coefficient (Wildman–Crippen LogP) is 2.02. The van der Waals surface area contributed by atoms with Crippen molar-refractivity contribution in [2.24, 2.45) is 5.92 Å². The van der Waals surface area contributed by atoms with Crippen LogP contribution in [0.3, 0.4) is 0 Å². The van der Waals surface area contributed by atoms with Crippen LogP contribution in [0.5, 0.6) is 0 Å². The lowest BCUT2D eigenvalue weighted by atomic mass is 9.87. The number of piperidine rings is 1. The van der Waals surface area contributed by atoms with Gasteiger partial charge in [-0.25, -0.2) is 0 Å². The molecule has 2 aliphatic rings. The van der Waals surface area contributed by atoms with Gasteiger partial charge in [0.25, 0.3) is 0 Å². The van der Waals surface area contributed by atoms with Crippen LogP contribution in [0.4, 0.5) is 0 Å². The number of hydrogen-bond acceptors (Lipinski definition) is 2. The molecule has 0 aromatic carbocycles. The van der Waals surface area contributed by atoms with Gasteiger partial charge in [0.1, 0.15) is 0 Å². The third kappa shape index (κ3) is 1.70. The quantitative estimate of drug-likeness (QED) is 0.695. The molecular weight excluding hydrogens is 174 g/mol. The summed E-state index contributed by atoms with van der Waals surface area (Å²) >= 11 is 0. The van der Waals surface area contributed by atoms with Crippen LogP contribution < -0.4 is 0 Å². The Labute approximate surface area is 87.3 Å². The summed E-state index contributed by atoms with van der Waals surface area (Å²) in [6.45, 7) is 7.35. The van der Waals surface area contributed by atoms with Crippen LogP contribution in [0.15, 0.2) is 0 Å². The monoisotopic (exact) mass is 197 g/mol. The van der Waals surface area contributed by atoms with Gasteiger partial charge in [0.05, 0.1) is 0 Å². The number of aliphatic hydroxyl groups excluding tert-OH is 1. The Bertz CT molecular complexity index is 195. The molecule has 2 aliphatic heterocycles. The van der Waals surface area contributed by atoms with Gasteiger partial charge < -0.3 is 5.11 Å². The normalized spacial score (nSPS) is 39.0. The minimum absolute atomic E-state index is 0.312. The van der Waals surface area contributed by atoms with Crippen molar-refractivity contribution in [3.8, 4) is 0 Å². The molecule has 1 N–H and O–H groups in total. The van der Waals surface area contributed by atoms with Crippen LogP contribution in [0.2, 0.25) is 0 Å². The van der Waals surface area contributed by atoms with Crippen molar-refractivity contribution in [3.63, 3.8) is 0 Å². The van der Waals surface area contributed by atoms with E-state index in [0.717, 1.165) is 12.1 Å². The van der Waals surface area contributed by atoms with Gasteiger partial charge in [0, 0.05) is 24.2 Å². The first-order chi connectivity index (χ1) is 6.52. The highest BCUT2D eigenvalue weighted by Crippen LogP contribution is 2.42. The zero-order valence-corrected chi connectivity index (χ0v) is 9.66. The first-order valence-corrected chi connectivity index (χ1v) is 5.91. The average molecular weight is 197 g/mol. The molecule has 2 rings (SSSR count). The Morgan fingerprint density at radius 3 is 2.00 bits per heavy atom. The van der Waals surface area contributed by atoms with Crippen LogP contribution >= 0.6 is 0 Å². The molecule has 2 heteroatoms. The topological polar surface area (TPSA) is 23.5 Å². The summed E-state index contributed by atoms with van der Waals surface area (Å²) in [5, 5.41) is 9.22. The molecule has 2 fully saturated rings. The molecule has 0 saturated carbocycles. The van der Waals surface area contributed by atoms with Crippen molar-refractivity contribution < 1.29 is 5.11 Å². The summed E-state index contributed by atoms with van der Waals surface area (Å²) in [7, 11) is 0. The first kappa shape index (κ1) is 10.4. The van der Waals surface area contributed by atoms with Gasteiger partial charge in [0.15, 0.2) is 0 Å². The lowest BCUT2D eigenvalue weighted by molar-refractivity contribution is 0.00912. The van der Waals surface area contributed by atoms with E-state index < -0.39 is 0 Å². The highest BCUT2D eigenvalue weighted by atomic mass is 16.3. The number of fused-ring (bicyclic) bond motifs is 2. The molecule has 3 atom stereocenters. The predicted molar refractivity (Wildman–Crippen MR) is 58.2 cm³/mol. The van der Waals surface area contributed by atoms with Gasteiger partial charge in [-0.1, -0.05) is 0 Å². The van der Waals surface area contributed by atoms with E-state index in [-0.39, 0.29) is 0 Å². The number of rotatable bonds is 1. The molecule has 2 heterocycles. The molecule has 2 unspecified atom stereocenters. The first-order valence-electron chi connectivity index (χ1n) is 5.91. The summed E-state index contributed by atoms with van der Waals surface area (Å²) in [6, 6.07) is 1.48. The standard InChI is InChI=1S/C12H23NO/c1-12(2,3)13-10-4-5-11(13)7-9(6-10)8-14/h9-11,14H,4-8H2,1-3H3/t9?,10-,11?/m1/s1. The SMILES string of the molecule is CC(C)(C)N1C2CC[C@@H]1CC(CO)C2. The smallest absolute Gasteiger partial charge is 0.0460 e. The molecule has 0 aromatic rings. The van der Waals surface area contributed by atoms with Gasteiger partial charge in [0.2, 0.25) is 0 Å². The van der Waals surface area contributed by atoms with Crippen LogP contribution in [0, 0.1) is 5.92 Å². The maximum absolute atomic E-state index is 9.22. The molecule has 14 heavy (non-hydrogen) atoms. The Balaban J connectivity index is 2.10. The lowest BCUT2D eigenvalue weighted by Crippen LogP contribution is -2.53. The molecule has 0 spiro atoms. The largest absolute Gasteiger partial charge is 0.396 e. The molecule has 0 amide bonds. The second-order valence-electron chi connectivity index (χ2n) is 5.98. The highest BCUT2D eigenvalue weighted by molar-refractivity contribution is 4.99. The second-order valence-corrected chi connectivity index (χ2v) is 5.98. The van der Waals surface area contributed by atoms with Crippen molar-refractivity contribution in [1.29, 1.82) is 0 Å². The third-order valence-corrected chi connectivity index (χ3v) is 3.86. The summed E-state index contributed by atoms with van der Waals surface area (Å²) in [4.78, 5) is 2.69. The fourth-order valence-electron chi connectivity index (χ4n) is 3.53. The van der Waals surface area contributed by atoms with Crippen molar-refractivity contribution in [1.82, 2.24) is 4.90 Å². The summed E-state index contributed by atoms with van der Waals surface area (Å²) in [6.07, 6.45) is 5.12. The van der Waals surface area contributed by atoms with Crippen LogP contribution in [-0.4, -0.2) is 34.2 Å². The van der Waals surface area contributed by atoms with E-state index >= 15 is 0 Å². The van der Waals surface area contributed by atoms with E-state index in [1.807, 2.05) is 0 Å². The molecule has 2 saturated heterocycles. The van der Waals surface area contributed by atoms with Gasteiger partial charge in [-0.2, -0.15) is 0 Å². The van der Waals surface area contributed by atoms with E-state index in [9.17, 15) is 5.11 Å². The molecule has 82 valence electrons. The van der Waals surface area contributed by atoms with Crippen molar-refractivity contribution >= 4 is 0 Å². The molecule has 2 bridgehead atoms. The molecule has 0 aromatic heterocycles. The average Bonchev–Trinajstić information content (AvgIpc) is 2.38. The summed E-state index contributed by atoms with van der Waals surface area (Å²) < 4.78 is 0. The molecule has 2 nitrogen and oxygen atoms in total. The Morgan fingerprint density at radius 2 is 1.64 bits per heavy atom. The zero-order valence-electron chi connectivity index (χ0n) is 9.66. The van der Waals surface area contributed by atoms with E-state index in [1.54, 1.807) is 0 Å². The fourth-order valence-corrected chi connectivity index (χ4v) is 3.53. The van der Waals surface area contributed by atoms with Crippen molar-refractivity contribution in [2.45, 2.75) is 64.1 Å². The van der Waals surface area contributed by atoms with Crippen molar-refractivity contribution in [2.75, 3.05) is 6.61 Å². The van der Waals surface area contributed by atoms with Crippen LogP contribution in [-0.2, 0) is 0 Å². The number of nitrogens with zero attached hydrogens (tertiary/aromatic N) is 1. The molecular formula is C12H23NO. The van der Waals surface area contributed by atoms with Gasteiger partial charge >= 0.3 is 0 Å². The summed E-state index contributed by atoms with van der Waals surface area (Å²) in [5.74, 6) is 0.575. The van der Waals surface area contributed by atoms with E-state index in [2.05, 4.69) is 25.7 Å². The minimum atomic E-state index is 0.312. The maximum Gasteiger partial charge on any atom is 0.0460 e. The molecule has 0 aliphatic carbocycles. The van der Waals surface area contributed by atoms with E-state index in [4.69, 9.17) is 0 Å². The van der Waals surface area contributed by atoms with Gasteiger partial charge in [-0.05, 0) is 52.4 Å². The maximum atomic E-state index is 9.22. The highest BCUT2D eigenvalue weighted by Gasteiger charge is 2.44. The number of aliphatic hydroxyl groups is 1. The van der Waals surface area contributed by atoms with Crippen LogP contribution in [0.25, 0.3) is 0 Å². The zero-order chi connectivity index (χ0) is 10.3. The molecule has 0 radical (unpaired) electrons. The van der Waals surface area contributed by atoms with E-state index in [0.29, 0.717) is 18.1 Å². The lowest BCUT2D eigenvalue weighted by Gasteiger charge is -2.46. The fraction of sp³-hybridized carbons (Fsp3) is 1.00. The van der Waals surface area contributed by atoms with E-state index in [1.165, 1.54) is 25.7 Å². The Morgan fingerprint density at radius 1 is 1.14 bits per heavy atom. The minimum Gasteiger partial charge on any atom is -0.396 e. The number of hydrogen-bond donors (Lipinski definition) is 1. The van der Waals surface area contributed by atoms with Gasteiger partial charge in [-0.3, -0.25) is 4.90 Å². The summed E-state index contributed by atoms with van der Waals surface area (Å²) in [5.41, 5.74) is 0.312. The van der Waals surface area contributed by atoms with Gasteiger partial charge in [-0.15, -0.1) is 0 Å². The second kappa shape index (κ2) is 3.49. The Kier molecular flexibility index (Phi) is 2.61. The van der Waals surface area contributed by atoms with Crippen LogP contribution in [0.1, 0.15) is 46.5 Å². The van der Waals surface area contributed by atoms with Crippen molar-refractivity contribution in [3.05, 3.63) is 0 Å². The third-order valence-electron chi connectivity index (χ3n) is 3.86. The Hall–Kier alpha value is -0.0800.